The number of ether oxygens (including phenoxy) is 3. The molecule has 0 spiro atoms. The number of halogens is 1. The molecule has 0 unspecified atom stereocenters. The molecule has 0 radical (unpaired) electrons. The van der Waals surface area contributed by atoms with Crippen molar-refractivity contribution in [2.45, 2.75) is 58.3 Å². The smallest absolute Gasteiger partial charge is 0.410 e. The second-order valence-corrected chi connectivity index (χ2v) is 11.0. The molecule has 1 saturated heterocycles. The van der Waals surface area contributed by atoms with Crippen molar-refractivity contribution in [3.05, 3.63) is 64.5 Å². The van der Waals surface area contributed by atoms with Gasteiger partial charge in [-0.2, -0.15) is 0 Å². The first-order valence-electron chi connectivity index (χ1n) is 13.4. The number of rotatable bonds is 6. The van der Waals surface area contributed by atoms with E-state index in [9.17, 15) is 14.0 Å². The molecule has 0 saturated carbocycles. The minimum Gasteiger partial charge on any atom is -0.486 e. The van der Waals surface area contributed by atoms with Crippen molar-refractivity contribution in [3.63, 3.8) is 0 Å². The highest BCUT2D eigenvalue weighted by Crippen LogP contribution is 2.30. The maximum Gasteiger partial charge on any atom is 0.410 e. The summed E-state index contributed by atoms with van der Waals surface area (Å²) in [4.78, 5) is 34.1. The van der Waals surface area contributed by atoms with Gasteiger partial charge in [-0.05, 0) is 51.8 Å². The van der Waals surface area contributed by atoms with Gasteiger partial charge in [0.25, 0.3) is 5.56 Å². The quantitative estimate of drug-likeness (QED) is 0.465. The molecule has 2 aliphatic heterocycles. The Labute approximate surface area is 227 Å². The first-order valence-corrected chi connectivity index (χ1v) is 13.4. The molecule has 0 atom stereocenters. The van der Waals surface area contributed by atoms with Gasteiger partial charge in [0.05, 0.1) is 24.0 Å². The van der Waals surface area contributed by atoms with Crippen molar-refractivity contribution in [2.75, 3.05) is 32.8 Å². The monoisotopic (exact) mass is 538 g/mol. The maximum absolute atomic E-state index is 14.2. The molecule has 2 aliphatic rings. The average molecular weight is 539 g/mol. The second kappa shape index (κ2) is 11.2. The Bertz CT molecular complexity index is 1390. The molecular weight excluding hydrogens is 503 g/mol. The molecule has 0 aliphatic carbocycles. The standard InChI is InChI=1S/C29H35FN4O5/c1-29(2,3)34(19-20-17-25-26(18-31-20)38-16-15-37-25)28(36)39-21-9-11-32(12-10-21)13-14-33-24-6-4-5-23(30)22(24)7-8-27(33)35/h4-8,17-18,21H,9-16,19H2,1-3H3. The van der Waals surface area contributed by atoms with Gasteiger partial charge in [0.1, 0.15) is 25.1 Å². The van der Waals surface area contributed by atoms with Crippen LogP contribution in [0.25, 0.3) is 10.9 Å². The first-order chi connectivity index (χ1) is 18.7. The predicted molar refractivity (Wildman–Crippen MR) is 145 cm³/mol. The second-order valence-electron chi connectivity index (χ2n) is 11.0. The Hall–Kier alpha value is -3.66. The Morgan fingerprint density at radius 2 is 1.85 bits per heavy atom. The van der Waals surface area contributed by atoms with Gasteiger partial charge in [-0.1, -0.05) is 6.07 Å². The van der Waals surface area contributed by atoms with E-state index in [1.54, 1.807) is 27.8 Å². The Kier molecular flexibility index (Phi) is 7.74. The van der Waals surface area contributed by atoms with E-state index in [0.29, 0.717) is 67.2 Å². The topological polar surface area (TPSA) is 86.1 Å². The van der Waals surface area contributed by atoms with Gasteiger partial charge in [0.2, 0.25) is 0 Å². The number of amides is 1. The number of benzene rings is 1. The summed E-state index contributed by atoms with van der Waals surface area (Å²) in [5, 5.41) is 0.442. The summed E-state index contributed by atoms with van der Waals surface area (Å²) >= 11 is 0. The number of likely N-dealkylation sites (tertiary alicyclic amines) is 1. The zero-order valence-corrected chi connectivity index (χ0v) is 22.7. The van der Waals surface area contributed by atoms with Gasteiger partial charge in [-0.3, -0.25) is 14.7 Å². The van der Waals surface area contributed by atoms with Gasteiger partial charge < -0.3 is 23.7 Å². The van der Waals surface area contributed by atoms with E-state index in [1.807, 2.05) is 26.8 Å². The molecule has 3 aromatic rings. The Balaban J connectivity index is 1.16. The highest BCUT2D eigenvalue weighted by Gasteiger charge is 2.32. The van der Waals surface area contributed by atoms with Gasteiger partial charge in [-0.25, -0.2) is 9.18 Å². The molecule has 208 valence electrons. The van der Waals surface area contributed by atoms with Crippen LogP contribution in [0, 0.1) is 5.82 Å². The van der Waals surface area contributed by atoms with Crippen LogP contribution in [-0.2, 0) is 17.8 Å². The molecule has 1 fully saturated rings. The number of carbonyl (C=O) groups excluding carboxylic acids is 1. The highest BCUT2D eigenvalue weighted by molar-refractivity contribution is 5.79. The third-order valence-electron chi connectivity index (χ3n) is 7.26. The SMILES string of the molecule is CC(C)(C)N(Cc1cc2c(cn1)OCCO2)C(=O)OC1CCN(CCn2c(=O)ccc3c(F)cccc32)CC1. The van der Waals surface area contributed by atoms with E-state index in [4.69, 9.17) is 14.2 Å². The number of piperidine rings is 1. The Morgan fingerprint density at radius 3 is 2.59 bits per heavy atom. The fourth-order valence-electron chi connectivity index (χ4n) is 5.03. The minimum atomic E-state index is -0.474. The lowest BCUT2D eigenvalue weighted by Crippen LogP contribution is -2.48. The fourth-order valence-corrected chi connectivity index (χ4v) is 5.03. The summed E-state index contributed by atoms with van der Waals surface area (Å²) in [5.74, 6) is 0.911. The van der Waals surface area contributed by atoms with E-state index in [0.717, 1.165) is 13.1 Å². The number of pyridine rings is 2. The third-order valence-corrected chi connectivity index (χ3v) is 7.26. The summed E-state index contributed by atoms with van der Waals surface area (Å²) in [7, 11) is 0. The van der Waals surface area contributed by atoms with E-state index < -0.39 is 5.54 Å². The van der Waals surface area contributed by atoms with Crippen molar-refractivity contribution in [2.24, 2.45) is 0 Å². The summed E-state index contributed by atoms with van der Waals surface area (Å²) in [6.07, 6.45) is 2.47. The van der Waals surface area contributed by atoms with Crippen LogP contribution < -0.4 is 15.0 Å². The molecule has 1 amide bonds. The van der Waals surface area contributed by atoms with Crippen LogP contribution in [0.3, 0.4) is 0 Å². The molecule has 0 N–H and O–H groups in total. The van der Waals surface area contributed by atoms with Gasteiger partial charge in [0.15, 0.2) is 11.5 Å². The van der Waals surface area contributed by atoms with Crippen molar-refractivity contribution >= 4 is 17.0 Å². The number of carbonyl (C=O) groups is 1. The van der Waals surface area contributed by atoms with E-state index >= 15 is 0 Å². The third kappa shape index (κ3) is 6.16. The number of nitrogens with zero attached hydrogens (tertiary/aromatic N) is 4. The molecule has 10 heteroatoms. The largest absolute Gasteiger partial charge is 0.486 e. The molecule has 5 rings (SSSR count). The molecule has 0 bridgehead atoms. The zero-order valence-electron chi connectivity index (χ0n) is 22.7. The van der Waals surface area contributed by atoms with E-state index in [2.05, 4.69) is 9.88 Å². The molecule has 9 nitrogen and oxygen atoms in total. The fraction of sp³-hybridized carbons (Fsp3) is 0.483. The van der Waals surface area contributed by atoms with Crippen LogP contribution in [-0.4, -0.2) is 69.9 Å². The molecule has 2 aromatic heterocycles. The number of hydrogen-bond acceptors (Lipinski definition) is 7. The van der Waals surface area contributed by atoms with Crippen molar-refractivity contribution in [1.29, 1.82) is 0 Å². The molecular formula is C29H35FN4O5. The van der Waals surface area contributed by atoms with Gasteiger partial charge in [-0.15, -0.1) is 0 Å². The lowest BCUT2D eigenvalue weighted by Gasteiger charge is -2.37. The normalized spacial score (nSPS) is 16.3. The zero-order chi connectivity index (χ0) is 27.6. The summed E-state index contributed by atoms with van der Waals surface area (Å²) < 4.78 is 33.0. The van der Waals surface area contributed by atoms with Crippen LogP contribution in [0.1, 0.15) is 39.3 Å². The highest BCUT2D eigenvalue weighted by atomic mass is 19.1. The Morgan fingerprint density at radius 1 is 1.10 bits per heavy atom. The maximum atomic E-state index is 14.2. The molecule has 39 heavy (non-hydrogen) atoms. The van der Waals surface area contributed by atoms with Crippen molar-refractivity contribution in [1.82, 2.24) is 19.4 Å². The molecule has 1 aromatic carbocycles. The van der Waals surface area contributed by atoms with Crippen LogP contribution in [0.4, 0.5) is 9.18 Å². The van der Waals surface area contributed by atoms with E-state index in [-0.39, 0.29) is 30.1 Å². The predicted octanol–water partition coefficient (Wildman–Crippen LogP) is 4.21. The van der Waals surface area contributed by atoms with E-state index in [1.165, 1.54) is 18.2 Å². The molecule has 4 heterocycles. The van der Waals surface area contributed by atoms with Crippen LogP contribution in [0.2, 0.25) is 0 Å². The minimum absolute atomic E-state index is 0.147. The van der Waals surface area contributed by atoms with Gasteiger partial charge in [0, 0.05) is 49.2 Å². The summed E-state index contributed by atoms with van der Waals surface area (Å²) in [6, 6.07) is 9.56. The average Bonchev–Trinajstić information content (AvgIpc) is 2.91. The van der Waals surface area contributed by atoms with Crippen LogP contribution in [0.5, 0.6) is 11.5 Å². The van der Waals surface area contributed by atoms with Crippen molar-refractivity contribution in [3.8, 4) is 11.5 Å². The van der Waals surface area contributed by atoms with Gasteiger partial charge >= 0.3 is 6.09 Å². The summed E-state index contributed by atoms with van der Waals surface area (Å²) in [5.41, 5.74) is 0.676. The van der Waals surface area contributed by atoms with Crippen molar-refractivity contribution < 1.29 is 23.4 Å². The first kappa shape index (κ1) is 26.9. The number of aromatic nitrogens is 2. The van der Waals surface area contributed by atoms with Crippen LogP contribution >= 0.6 is 0 Å². The lowest BCUT2D eigenvalue weighted by molar-refractivity contribution is 0.00868. The number of fused-ring (bicyclic) bond motifs is 2. The summed E-state index contributed by atoms with van der Waals surface area (Å²) in [6.45, 7) is 9.77. The lowest BCUT2D eigenvalue weighted by atomic mass is 10.1. The number of hydrogen-bond donors (Lipinski definition) is 0. The van der Waals surface area contributed by atoms with Crippen LogP contribution in [0.15, 0.2) is 47.4 Å².